The molecule has 2 aromatic carbocycles. The molecule has 1 amide bonds. The molecule has 0 spiro atoms. The Morgan fingerprint density at radius 3 is 2.45 bits per heavy atom. The van der Waals surface area contributed by atoms with Crippen LogP contribution in [0.15, 0.2) is 36.0 Å². The van der Waals surface area contributed by atoms with Gasteiger partial charge in [0.25, 0.3) is 5.91 Å². The highest BCUT2D eigenvalue weighted by molar-refractivity contribution is 6.02. The van der Waals surface area contributed by atoms with E-state index in [1.807, 2.05) is 0 Å². The van der Waals surface area contributed by atoms with Crippen LogP contribution >= 0.6 is 0 Å². The van der Waals surface area contributed by atoms with Crippen molar-refractivity contribution in [2.45, 2.75) is 25.3 Å². The van der Waals surface area contributed by atoms with Gasteiger partial charge in [-0.25, -0.2) is 4.39 Å². The number of anilines is 1. The van der Waals surface area contributed by atoms with Gasteiger partial charge in [-0.05, 0) is 43.5 Å². The summed E-state index contributed by atoms with van der Waals surface area (Å²) in [6.45, 7) is 0. The smallest absolute Gasteiger partial charge is 0.269 e. The lowest BCUT2D eigenvalue weighted by Crippen LogP contribution is -2.42. The van der Waals surface area contributed by atoms with E-state index in [0.29, 0.717) is 17.1 Å². The minimum absolute atomic E-state index is 0.00643. The first-order valence-corrected chi connectivity index (χ1v) is 9.24. The summed E-state index contributed by atoms with van der Waals surface area (Å²) < 4.78 is 25.3. The van der Waals surface area contributed by atoms with E-state index in [0.717, 1.165) is 19.3 Å². The van der Waals surface area contributed by atoms with Crippen LogP contribution in [0, 0.1) is 5.82 Å². The largest absolute Gasteiger partial charge is 0.497 e. The lowest BCUT2D eigenvalue weighted by molar-refractivity contribution is -0.118. The Hall–Kier alpha value is -3.42. The van der Waals surface area contributed by atoms with E-state index in [2.05, 4.69) is 5.32 Å². The van der Waals surface area contributed by atoms with Crippen LogP contribution in [0.4, 0.5) is 10.1 Å². The molecular formula is C21H25FN4O3. The van der Waals surface area contributed by atoms with E-state index in [4.69, 9.17) is 26.7 Å². The Bertz CT molecular complexity index is 971. The summed E-state index contributed by atoms with van der Waals surface area (Å²) in [5.41, 5.74) is 19.1. The minimum Gasteiger partial charge on any atom is -0.497 e. The molecule has 0 bridgehead atoms. The van der Waals surface area contributed by atoms with Crippen molar-refractivity contribution in [3.8, 4) is 22.6 Å². The summed E-state index contributed by atoms with van der Waals surface area (Å²) >= 11 is 0. The predicted octanol–water partition coefficient (Wildman–Crippen LogP) is 2.35. The highest BCUT2D eigenvalue weighted by Crippen LogP contribution is 2.40. The van der Waals surface area contributed by atoms with Gasteiger partial charge in [-0.3, -0.25) is 4.79 Å². The molecule has 0 radical (unpaired) electrons. The van der Waals surface area contributed by atoms with Gasteiger partial charge in [0.2, 0.25) is 0 Å². The zero-order chi connectivity index (χ0) is 21.1. The van der Waals surface area contributed by atoms with Crippen molar-refractivity contribution in [1.29, 1.82) is 0 Å². The molecule has 0 aliphatic heterocycles. The summed E-state index contributed by atoms with van der Waals surface area (Å²) in [5.74, 6) is -0.0816. The molecule has 1 aliphatic rings. The number of hydrogen-bond donors (Lipinski definition) is 4. The topological polar surface area (TPSA) is 126 Å². The molecule has 8 heteroatoms. The Morgan fingerprint density at radius 1 is 1.14 bits per heavy atom. The quantitative estimate of drug-likeness (QED) is 0.436. The molecule has 29 heavy (non-hydrogen) atoms. The summed E-state index contributed by atoms with van der Waals surface area (Å²) in [5, 5.41) is 2.82. The van der Waals surface area contributed by atoms with Gasteiger partial charge in [0.15, 0.2) is 0 Å². The van der Waals surface area contributed by atoms with E-state index in [1.165, 1.54) is 26.4 Å². The number of nitrogens with one attached hydrogen (secondary N) is 1. The first kappa shape index (κ1) is 20.3. The number of methoxy groups -OCH3 is 2. The van der Waals surface area contributed by atoms with Crippen LogP contribution in [0.5, 0.6) is 11.5 Å². The van der Waals surface area contributed by atoms with Gasteiger partial charge in [0.1, 0.15) is 23.0 Å². The normalized spacial score (nSPS) is 14.6. The molecule has 1 saturated carbocycles. The Balaban J connectivity index is 2.05. The van der Waals surface area contributed by atoms with Crippen LogP contribution < -0.4 is 32.0 Å². The minimum atomic E-state index is -0.556. The Labute approximate surface area is 168 Å². The Morgan fingerprint density at radius 2 is 1.86 bits per heavy atom. The average Bonchev–Trinajstić information content (AvgIpc) is 2.69. The maximum absolute atomic E-state index is 14.7. The number of amides is 1. The molecule has 1 aliphatic carbocycles. The Kier molecular flexibility index (Phi) is 5.81. The summed E-state index contributed by atoms with van der Waals surface area (Å²) in [7, 11) is 2.99. The summed E-state index contributed by atoms with van der Waals surface area (Å²) in [6.07, 6.45) is 2.90. The van der Waals surface area contributed by atoms with Gasteiger partial charge in [0, 0.05) is 28.8 Å². The molecule has 0 aromatic heterocycles. The lowest BCUT2D eigenvalue weighted by Gasteiger charge is -2.26. The van der Waals surface area contributed by atoms with Crippen molar-refractivity contribution in [2.75, 3.05) is 20.0 Å². The van der Waals surface area contributed by atoms with E-state index in [1.54, 1.807) is 18.2 Å². The number of rotatable bonds is 6. The summed E-state index contributed by atoms with van der Waals surface area (Å²) in [6, 6.07) is 7.68. The number of nitrogen functional groups attached to an aromatic ring is 1. The molecule has 2 aromatic rings. The van der Waals surface area contributed by atoms with Crippen molar-refractivity contribution in [1.82, 2.24) is 5.32 Å². The van der Waals surface area contributed by atoms with E-state index in [-0.39, 0.29) is 34.3 Å². The van der Waals surface area contributed by atoms with Gasteiger partial charge in [-0.15, -0.1) is 0 Å². The lowest BCUT2D eigenvalue weighted by atomic mass is 9.93. The fourth-order valence-electron chi connectivity index (χ4n) is 3.19. The predicted molar refractivity (Wildman–Crippen MR) is 110 cm³/mol. The maximum Gasteiger partial charge on any atom is 0.269 e. The standard InChI is InChI=1S/C21H25FN4O3/c1-28-12-6-7-13(16(10-12)29-2)17-15(22)9-8-14(18(17)23)19(24)20(25)21(27)26-11-4-3-5-11/h6-11H,3-5,23-25H2,1-2H3,(H,26,27)/b20-19+. The van der Waals surface area contributed by atoms with Crippen LogP contribution in [0.1, 0.15) is 24.8 Å². The second-order valence-corrected chi connectivity index (χ2v) is 6.88. The molecule has 7 N–H and O–H groups in total. The number of benzene rings is 2. The zero-order valence-electron chi connectivity index (χ0n) is 16.4. The number of halogens is 1. The second-order valence-electron chi connectivity index (χ2n) is 6.88. The van der Waals surface area contributed by atoms with Crippen molar-refractivity contribution in [3.05, 3.63) is 47.4 Å². The monoisotopic (exact) mass is 400 g/mol. The third-order valence-corrected chi connectivity index (χ3v) is 5.14. The second kappa shape index (κ2) is 8.30. The number of carbonyl (C=O) groups excluding carboxylic acids is 1. The third-order valence-electron chi connectivity index (χ3n) is 5.14. The zero-order valence-corrected chi connectivity index (χ0v) is 16.4. The third kappa shape index (κ3) is 3.91. The van der Waals surface area contributed by atoms with Gasteiger partial charge >= 0.3 is 0 Å². The van der Waals surface area contributed by atoms with Crippen LogP contribution in [0.2, 0.25) is 0 Å². The molecule has 0 atom stereocenters. The van der Waals surface area contributed by atoms with Gasteiger partial charge in [0.05, 0.1) is 25.6 Å². The first-order chi connectivity index (χ1) is 13.9. The maximum atomic E-state index is 14.7. The van der Waals surface area contributed by atoms with Crippen molar-refractivity contribution in [3.63, 3.8) is 0 Å². The molecule has 0 unspecified atom stereocenters. The molecule has 3 rings (SSSR count). The van der Waals surface area contributed by atoms with Crippen LogP contribution in [0.3, 0.4) is 0 Å². The van der Waals surface area contributed by atoms with E-state index < -0.39 is 11.7 Å². The van der Waals surface area contributed by atoms with Crippen LogP contribution in [-0.2, 0) is 4.79 Å². The molecule has 1 fully saturated rings. The SMILES string of the molecule is COc1ccc(-c2c(F)ccc(/C(N)=C(\N)C(=O)NC3CCC3)c2N)c(OC)c1. The van der Waals surface area contributed by atoms with Crippen molar-refractivity contribution < 1.29 is 18.7 Å². The molecule has 154 valence electrons. The molecular weight excluding hydrogens is 375 g/mol. The van der Waals surface area contributed by atoms with Crippen LogP contribution in [0.25, 0.3) is 16.8 Å². The number of ether oxygens (including phenoxy) is 2. The van der Waals surface area contributed by atoms with Crippen molar-refractivity contribution in [2.24, 2.45) is 11.5 Å². The molecule has 0 heterocycles. The van der Waals surface area contributed by atoms with Crippen molar-refractivity contribution >= 4 is 17.3 Å². The fourth-order valence-corrected chi connectivity index (χ4v) is 3.19. The molecule has 7 nitrogen and oxygen atoms in total. The first-order valence-electron chi connectivity index (χ1n) is 9.24. The van der Waals surface area contributed by atoms with Crippen LogP contribution in [-0.4, -0.2) is 26.2 Å². The van der Waals surface area contributed by atoms with E-state index in [9.17, 15) is 9.18 Å². The van der Waals surface area contributed by atoms with Gasteiger partial charge < -0.3 is 32.0 Å². The number of hydrogen-bond acceptors (Lipinski definition) is 6. The van der Waals surface area contributed by atoms with E-state index >= 15 is 0 Å². The summed E-state index contributed by atoms with van der Waals surface area (Å²) in [4.78, 5) is 12.3. The van der Waals surface area contributed by atoms with Gasteiger partial charge in [-0.1, -0.05) is 0 Å². The molecule has 0 saturated heterocycles. The highest BCUT2D eigenvalue weighted by Gasteiger charge is 2.23. The number of carbonyl (C=O) groups is 1. The fraction of sp³-hybridized carbons (Fsp3) is 0.286. The van der Waals surface area contributed by atoms with Gasteiger partial charge in [-0.2, -0.15) is 0 Å². The average molecular weight is 400 g/mol. The number of nitrogens with two attached hydrogens (primary N) is 3. The highest BCUT2D eigenvalue weighted by atomic mass is 19.1.